The Morgan fingerprint density at radius 3 is 1.97 bits per heavy atom. The maximum atomic E-state index is 13.9. The first kappa shape index (κ1) is 20.4. The van der Waals surface area contributed by atoms with E-state index in [1.165, 1.54) is 26.0 Å². The summed E-state index contributed by atoms with van der Waals surface area (Å²) in [4.78, 5) is 12.3. The van der Waals surface area contributed by atoms with Crippen LogP contribution in [0.3, 0.4) is 0 Å². The van der Waals surface area contributed by atoms with Crippen molar-refractivity contribution in [2.45, 2.75) is 20.4 Å². The molecule has 29 heavy (non-hydrogen) atoms. The molecule has 2 aromatic carbocycles. The standard InChI is InChI=1S/C19H13F6N3O/c1-8-18(26-19(29)10-3-5-11(20)6-4-10)9(2)28(27-8)7-12-13(21)15(23)17(25)16(24)14(12)22/h3-6H,7H2,1-2H3,(H,26,29). The number of nitrogens with one attached hydrogen (secondary N) is 1. The van der Waals surface area contributed by atoms with Gasteiger partial charge in [-0.25, -0.2) is 26.3 Å². The molecule has 0 bridgehead atoms. The minimum absolute atomic E-state index is 0.151. The molecule has 1 amide bonds. The lowest BCUT2D eigenvalue weighted by Crippen LogP contribution is -2.14. The first-order chi connectivity index (χ1) is 13.6. The van der Waals surface area contributed by atoms with Crippen LogP contribution in [0, 0.1) is 48.8 Å². The maximum absolute atomic E-state index is 13.9. The maximum Gasteiger partial charge on any atom is 0.255 e. The fourth-order valence-corrected chi connectivity index (χ4v) is 2.76. The summed E-state index contributed by atoms with van der Waals surface area (Å²) in [6.45, 7) is 2.19. The van der Waals surface area contributed by atoms with Gasteiger partial charge < -0.3 is 5.32 Å². The van der Waals surface area contributed by atoms with E-state index in [1.807, 2.05) is 0 Å². The molecule has 0 unspecified atom stereocenters. The number of benzene rings is 2. The second-order valence-corrected chi connectivity index (χ2v) is 6.21. The minimum atomic E-state index is -2.25. The molecular weight excluding hydrogens is 400 g/mol. The number of hydrogen-bond donors (Lipinski definition) is 1. The summed E-state index contributed by atoms with van der Waals surface area (Å²) in [5.41, 5.74) is -0.229. The number of rotatable bonds is 4. The highest BCUT2D eigenvalue weighted by molar-refractivity contribution is 6.04. The molecule has 3 aromatic rings. The van der Waals surface area contributed by atoms with Gasteiger partial charge in [-0.3, -0.25) is 9.48 Å². The van der Waals surface area contributed by atoms with Crippen molar-refractivity contribution in [2.75, 3.05) is 5.32 Å². The van der Waals surface area contributed by atoms with Crippen LogP contribution in [-0.4, -0.2) is 15.7 Å². The molecule has 152 valence electrons. The molecule has 0 aliphatic rings. The molecule has 0 spiro atoms. The van der Waals surface area contributed by atoms with Crippen molar-refractivity contribution in [1.29, 1.82) is 0 Å². The number of carbonyl (C=O) groups excluding carboxylic acids is 1. The van der Waals surface area contributed by atoms with E-state index in [9.17, 15) is 31.1 Å². The fourth-order valence-electron chi connectivity index (χ4n) is 2.76. The minimum Gasteiger partial charge on any atom is -0.319 e. The molecule has 3 rings (SSSR count). The summed E-state index contributed by atoms with van der Waals surface area (Å²) in [6, 6.07) is 4.71. The predicted molar refractivity (Wildman–Crippen MR) is 91.4 cm³/mol. The second kappa shape index (κ2) is 7.61. The molecule has 1 N–H and O–H groups in total. The molecule has 0 aliphatic heterocycles. The van der Waals surface area contributed by atoms with Crippen LogP contribution in [0.25, 0.3) is 0 Å². The molecule has 0 fully saturated rings. The third-order valence-corrected chi connectivity index (χ3v) is 4.34. The number of amides is 1. The van der Waals surface area contributed by atoms with Crippen molar-refractivity contribution >= 4 is 11.6 Å². The SMILES string of the molecule is Cc1nn(Cc2c(F)c(F)c(F)c(F)c2F)c(C)c1NC(=O)c1ccc(F)cc1. The fraction of sp³-hybridized carbons (Fsp3) is 0.158. The van der Waals surface area contributed by atoms with Crippen molar-refractivity contribution in [2.24, 2.45) is 0 Å². The van der Waals surface area contributed by atoms with E-state index in [0.29, 0.717) is 0 Å². The van der Waals surface area contributed by atoms with Crippen molar-refractivity contribution in [3.8, 4) is 0 Å². The van der Waals surface area contributed by atoms with Crippen LogP contribution in [0.2, 0.25) is 0 Å². The summed E-state index contributed by atoms with van der Waals surface area (Å²) >= 11 is 0. The first-order valence-corrected chi connectivity index (χ1v) is 8.23. The van der Waals surface area contributed by atoms with Crippen LogP contribution >= 0.6 is 0 Å². The molecule has 0 aliphatic carbocycles. The van der Waals surface area contributed by atoms with Crippen LogP contribution < -0.4 is 5.32 Å². The van der Waals surface area contributed by atoms with Crippen molar-refractivity contribution in [3.05, 3.63) is 81.7 Å². The van der Waals surface area contributed by atoms with Crippen LogP contribution in [0.1, 0.15) is 27.3 Å². The Morgan fingerprint density at radius 1 is 0.897 bits per heavy atom. The van der Waals surface area contributed by atoms with Crippen molar-refractivity contribution in [3.63, 3.8) is 0 Å². The zero-order chi connectivity index (χ0) is 21.5. The highest BCUT2D eigenvalue weighted by atomic mass is 19.2. The molecule has 0 saturated carbocycles. The van der Waals surface area contributed by atoms with Gasteiger partial charge in [-0.05, 0) is 38.1 Å². The summed E-state index contributed by atoms with van der Waals surface area (Å²) in [5.74, 6) is -11.4. The first-order valence-electron chi connectivity index (χ1n) is 8.23. The Kier molecular flexibility index (Phi) is 5.36. The number of hydrogen-bond acceptors (Lipinski definition) is 2. The predicted octanol–water partition coefficient (Wildman–Crippen LogP) is 4.64. The molecule has 0 atom stereocenters. The normalized spacial score (nSPS) is 11.0. The topological polar surface area (TPSA) is 46.9 Å². The van der Waals surface area contributed by atoms with Gasteiger partial charge in [0.05, 0.1) is 29.2 Å². The van der Waals surface area contributed by atoms with Gasteiger partial charge in [-0.1, -0.05) is 0 Å². The van der Waals surface area contributed by atoms with Gasteiger partial charge in [-0.2, -0.15) is 5.10 Å². The monoisotopic (exact) mass is 413 g/mol. The van der Waals surface area contributed by atoms with Crippen molar-refractivity contribution in [1.82, 2.24) is 9.78 Å². The molecular formula is C19H13F6N3O. The summed E-state index contributed by atoms with van der Waals surface area (Å²) in [6.07, 6.45) is 0. The molecule has 0 saturated heterocycles. The largest absolute Gasteiger partial charge is 0.319 e. The van der Waals surface area contributed by atoms with Gasteiger partial charge in [-0.15, -0.1) is 0 Å². The third-order valence-electron chi connectivity index (χ3n) is 4.34. The summed E-state index contributed by atoms with van der Waals surface area (Å²) in [7, 11) is 0. The lowest BCUT2D eigenvalue weighted by molar-refractivity contribution is 0.102. The summed E-state index contributed by atoms with van der Waals surface area (Å²) < 4.78 is 81.8. The third kappa shape index (κ3) is 3.69. The van der Waals surface area contributed by atoms with E-state index in [4.69, 9.17) is 0 Å². The van der Waals surface area contributed by atoms with Gasteiger partial charge in [0.25, 0.3) is 5.91 Å². The second-order valence-electron chi connectivity index (χ2n) is 6.21. The smallest absolute Gasteiger partial charge is 0.255 e. The average molecular weight is 413 g/mol. The van der Waals surface area contributed by atoms with E-state index in [1.54, 1.807) is 0 Å². The Hall–Kier alpha value is -3.30. The van der Waals surface area contributed by atoms with E-state index in [0.717, 1.165) is 16.8 Å². The van der Waals surface area contributed by atoms with Gasteiger partial charge in [0, 0.05) is 5.56 Å². The number of aryl methyl sites for hydroxylation is 1. The Balaban J connectivity index is 1.93. The lowest BCUT2D eigenvalue weighted by Gasteiger charge is -2.10. The number of halogens is 6. The van der Waals surface area contributed by atoms with Gasteiger partial charge in [0.1, 0.15) is 5.82 Å². The van der Waals surface area contributed by atoms with E-state index in [-0.39, 0.29) is 22.6 Å². The quantitative estimate of drug-likeness (QED) is 0.385. The highest BCUT2D eigenvalue weighted by Crippen LogP contribution is 2.26. The zero-order valence-electron chi connectivity index (χ0n) is 15.1. The van der Waals surface area contributed by atoms with Gasteiger partial charge >= 0.3 is 0 Å². The van der Waals surface area contributed by atoms with E-state index < -0.39 is 52.9 Å². The number of aromatic nitrogens is 2. The lowest BCUT2D eigenvalue weighted by atomic mass is 10.1. The van der Waals surface area contributed by atoms with Crippen LogP contribution in [-0.2, 0) is 6.54 Å². The van der Waals surface area contributed by atoms with E-state index >= 15 is 0 Å². The zero-order valence-corrected chi connectivity index (χ0v) is 15.1. The number of carbonyl (C=O) groups is 1. The van der Waals surface area contributed by atoms with Crippen LogP contribution in [0.4, 0.5) is 32.0 Å². The Bertz CT molecular complexity index is 1080. The molecule has 10 heteroatoms. The average Bonchev–Trinajstić information content (AvgIpc) is 2.96. The Labute approximate surface area is 160 Å². The Morgan fingerprint density at radius 2 is 1.41 bits per heavy atom. The van der Waals surface area contributed by atoms with Gasteiger partial charge in [0.2, 0.25) is 5.82 Å². The van der Waals surface area contributed by atoms with Crippen molar-refractivity contribution < 1.29 is 31.1 Å². The van der Waals surface area contributed by atoms with Gasteiger partial charge in [0.15, 0.2) is 23.3 Å². The molecule has 1 heterocycles. The number of anilines is 1. The molecule has 4 nitrogen and oxygen atoms in total. The number of nitrogens with zero attached hydrogens (tertiary/aromatic N) is 2. The molecule has 1 aromatic heterocycles. The summed E-state index contributed by atoms with van der Waals surface area (Å²) in [5, 5.41) is 6.54. The van der Waals surface area contributed by atoms with Crippen LogP contribution in [0.15, 0.2) is 24.3 Å². The van der Waals surface area contributed by atoms with Crippen LogP contribution in [0.5, 0.6) is 0 Å². The highest BCUT2D eigenvalue weighted by Gasteiger charge is 2.27. The molecule has 0 radical (unpaired) electrons. The van der Waals surface area contributed by atoms with E-state index in [2.05, 4.69) is 10.4 Å².